The molecule has 4 nitrogen and oxygen atoms in total. The molecule has 2 fully saturated rings. The maximum absolute atomic E-state index is 11.8. The fourth-order valence-corrected chi connectivity index (χ4v) is 3.17. The number of hydrogen-bond acceptors (Lipinski definition) is 3. The Kier molecular flexibility index (Phi) is 6.11. The maximum Gasteiger partial charge on any atom is 0.236 e. The summed E-state index contributed by atoms with van der Waals surface area (Å²) in [6.45, 7) is 8.18. The molecule has 0 radical (unpaired) electrons. The number of carbonyl (C=O) groups excluding carboxylic acids is 1. The van der Waals surface area contributed by atoms with Gasteiger partial charge in [0.1, 0.15) is 0 Å². The minimum atomic E-state index is 0.281. The molecule has 0 saturated carbocycles. The Morgan fingerprint density at radius 2 is 1.89 bits per heavy atom. The van der Waals surface area contributed by atoms with Gasteiger partial charge in [-0.15, -0.1) is 0 Å². The number of piperidine rings is 1. The molecule has 1 atom stereocenters. The van der Waals surface area contributed by atoms with Crippen LogP contribution in [0.2, 0.25) is 0 Å². The average molecular weight is 267 g/mol. The molecule has 2 rings (SSSR count). The molecule has 0 aromatic heterocycles. The summed E-state index contributed by atoms with van der Waals surface area (Å²) in [6.07, 6.45) is 7.60. The summed E-state index contributed by atoms with van der Waals surface area (Å²) in [5.74, 6) is 0.281. The van der Waals surface area contributed by atoms with Crippen LogP contribution < -0.4 is 5.32 Å². The van der Waals surface area contributed by atoms with Gasteiger partial charge < -0.3 is 15.1 Å². The second-order valence-corrected chi connectivity index (χ2v) is 6.00. The number of rotatable bonds is 6. The van der Waals surface area contributed by atoms with Gasteiger partial charge in [-0.25, -0.2) is 0 Å². The lowest BCUT2D eigenvalue weighted by Gasteiger charge is -2.33. The summed E-state index contributed by atoms with van der Waals surface area (Å²) in [5, 5.41) is 3.30. The van der Waals surface area contributed by atoms with Gasteiger partial charge in [0.2, 0.25) is 5.91 Å². The van der Waals surface area contributed by atoms with E-state index in [1.807, 2.05) is 4.90 Å². The van der Waals surface area contributed by atoms with E-state index in [0.717, 1.165) is 32.1 Å². The Hall–Kier alpha value is -0.610. The molecule has 4 heteroatoms. The predicted molar refractivity (Wildman–Crippen MR) is 78.2 cm³/mol. The monoisotopic (exact) mass is 267 g/mol. The van der Waals surface area contributed by atoms with E-state index in [1.165, 1.54) is 45.2 Å². The predicted octanol–water partition coefficient (Wildman–Crippen LogP) is 1.46. The summed E-state index contributed by atoms with van der Waals surface area (Å²) >= 11 is 0. The molecule has 0 bridgehead atoms. The van der Waals surface area contributed by atoms with Crippen LogP contribution in [0.3, 0.4) is 0 Å². The first-order valence-corrected chi connectivity index (χ1v) is 8.00. The molecular weight excluding hydrogens is 238 g/mol. The summed E-state index contributed by atoms with van der Waals surface area (Å²) in [4.78, 5) is 16.4. The van der Waals surface area contributed by atoms with Gasteiger partial charge in [0.25, 0.3) is 0 Å². The van der Waals surface area contributed by atoms with E-state index in [4.69, 9.17) is 0 Å². The van der Waals surface area contributed by atoms with E-state index in [9.17, 15) is 4.79 Å². The number of amides is 1. The Bertz CT molecular complexity index is 277. The first-order chi connectivity index (χ1) is 9.27. The van der Waals surface area contributed by atoms with Gasteiger partial charge in [-0.2, -0.15) is 0 Å². The van der Waals surface area contributed by atoms with Crippen molar-refractivity contribution in [2.45, 2.75) is 51.5 Å². The largest absolute Gasteiger partial charge is 0.342 e. The molecule has 1 N–H and O–H groups in total. The molecule has 110 valence electrons. The molecule has 0 aromatic rings. The van der Waals surface area contributed by atoms with Crippen molar-refractivity contribution in [3.63, 3.8) is 0 Å². The Morgan fingerprint density at radius 3 is 2.63 bits per heavy atom. The first kappa shape index (κ1) is 14.8. The van der Waals surface area contributed by atoms with Gasteiger partial charge in [0.05, 0.1) is 6.54 Å². The topological polar surface area (TPSA) is 35.6 Å². The van der Waals surface area contributed by atoms with E-state index in [2.05, 4.69) is 17.1 Å². The molecule has 0 aliphatic carbocycles. The fourth-order valence-electron chi connectivity index (χ4n) is 3.17. The smallest absolute Gasteiger partial charge is 0.236 e. The number of nitrogens with zero attached hydrogens (tertiary/aromatic N) is 2. The normalized spacial score (nSPS) is 24.9. The van der Waals surface area contributed by atoms with Crippen molar-refractivity contribution in [3.05, 3.63) is 0 Å². The van der Waals surface area contributed by atoms with Crippen LogP contribution >= 0.6 is 0 Å². The third kappa shape index (κ3) is 4.77. The lowest BCUT2D eigenvalue weighted by Crippen LogP contribution is -2.40. The van der Waals surface area contributed by atoms with E-state index < -0.39 is 0 Å². The van der Waals surface area contributed by atoms with Crippen molar-refractivity contribution in [2.75, 3.05) is 39.3 Å². The van der Waals surface area contributed by atoms with Gasteiger partial charge in [-0.3, -0.25) is 4.79 Å². The molecule has 19 heavy (non-hydrogen) atoms. The molecule has 0 aromatic carbocycles. The minimum Gasteiger partial charge on any atom is -0.342 e. The van der Waals surface area contributed by atoms with Crippen LogP contribution in [0.15, 0.2) is 0 Å². The zero-order chi connectivity index (χ0) is 13.5. The summed E-state index contributed by atoms with van der Waals surface area (Å²) in [6, 6.07) is 0.750. The SMILES string of the molecule is CC1CCCCN1CCCNCC(=O)N1CCCC1. The van der Waals surface area contributed by atoms with Crippen molar-refractivity contribution in [3.8, 4) is 0 Å². The van der Waals surface area contributed by atoms with Gasteiger partial charge in [0, 0.05) is 19.1 Å². The minimum absolute atomic E-state index is 0.281. The van der Waals surface area contributed by atoms with E-state index in [-0.39, 0.29) is 5.91 Å². The van der Waals surface area contributed by atoms with Crippen molar-refractivity contribution in [2.24, 2.45) is 0 Å². The standard InChI is InChI=1S/C15H29N3O/c1-14-7-2-3-9-17(14)12-6-8-16-13-15(19)18-10-4-5-11-18/h14,16H,2-13H2,1H3. The second-order valence-electron chi connectivity index (χ2n) is 6.00. The van der Waals surface area contributed by atoms with Crippen LogP contribution in [0.1, 0.15) is 45.4 Å². The number of carbonyl (C=O) groups is 1. The zero-order valence-corrected chi connectivity index (χ0v) is 12.4. The Balaban J connectivity index is 1.50. The van der Waals surface area contributed by atoms with Gasteiger partial charge in [-0.05, 0) is 58.7 Å². The highest BCUT2D eigenvalue weighted by molar-refractivity contribution is 5.78. The van der Waals surface area contributed by atoms with Crippen LogP contribution in [-0.2, 0) is 4.79 Å². The molecule has 1 unspecified atom stereocenters. The molecule has 2 aliphatic rings. The Morgan fingerprint density at radius 1 is 1.16 bits per heavy atom. The van der Waals surface area contributed by atoms with Crippen LogP contribution in [0.5, 0.6) is 0 Å². The second kappa shape index (κ2) is 7.85. The van der Waals surface area contributed by atoms with Gasteiger partial charge in [0.15, 0.2) is 0 Å². The lowest BCUT2D eigenvalue weighted by molar-refractivity contribution is -0.129. The molecule has 0 spiro atoms. The summed E-state index contributed by atoms with van der Waals surface area (Å²) < 4.78 is 0. The van der Waals surface area contributed by atoms with Crippen molar-refractivity contribution < 1.29 is 4.79 Å². The maximum atomic E-state index is 11.8. The molecular formula is C15H29N3O. The quantitative estimate of drug-likeness (QED) is 0.740. The lowest BCUT2D eigenvalue weighted by atomic mass is 10.0. The van der Waals surface area contributed by atoms with E-state index in [1.54, 1.807) is 0 Å². The summed E-state index contributed by atoms with van der Waals surface area (Å²) in [5.41, 5.74) is 0. The molecule has 2 saturated heterocycles. The summed E-state index contributed by atoms with van der Waals surface area (Å²) in [7, 11) is 0. The average Bonchev–Trinajstić information content (AvgIpc) is 2.94. The van der Waals surface area contributed by atoms with E-state index in [0.29, 0.717) is 6.54 Å². The third-order valence-electron chi connectivity index (χ3n) is 4.47. The third-order valence-corrected chi connectivity index (χ3v) is 4.47. The zero-order valence-electron chi connectivity index (χ0n) is 12.4. The molecule has 1 amide bonds. The van der Waals surface area contributed by atoms with E-state index >= 15 is 0 Å². The molecule has 2 heterocycles. The highest BCUT2D eigenvalue weighted by Crippen LogP contribution is 2.16. The molecule has 2 aliphatic heterocycles. The number of hydrogen-bond donors (Lipinski definition) is 1. The Labute approximate surface area is 117 Å². The number of likely N-dealkylation sites (tertiary alicyclic amines) is 2. The van der Waals surface area contributed by atoms with Crippen LogP contribution in [-0.4, -0.2) is 61.0 Å². The fraction of sp³-hybridized carbons (Fsp3) is 0.933. The van der Waals surface area contributed by atoms with Crippen molar-refractivity contribution in [1.29, 1.82) is 0 Å². The first-order valence-electron chi connectivity index (χ1n) is 8.00. The van der Waals surface area contributed by atoms with Crippen LogP contribution in [0.4, 0.5) is 0 Å². The number of nitrogens with one attached hydrogen (secondary N) is 1. The van der Waals surface area contributed by atoms with Crippen molar-refractivity contribution >= 4 is 5.91 Å². The van der Waals surface area contributed by atoms with Gasteiger partial charge in [-0.1, -0.05) is 6.42 Å². The van der Waals surface area contributed by atoms with Crippen LogP contribution in [0, 0.1) is 0 Å². The van der Waals surface area contributed by atoms with Crippen LogP contribution in [0.25, 0.3) is 0 Å². The van der Waals surface area contributed by atoms with Crippen molar-refractivity contribution in [1.82, 2.24) is 15.1 Å². The van der Waals surface area contributed by atoms with Gasteiger partial charge >= 0.3 is 0 Å². The highest BCUT2D eigenvalue weighted by atomic mass is 16.2. The highest BCUT2D eigenvalue weighted by Gasteiger charge is 2.18.